The Morgan fingerprint density at radius 1 is 1.56 bits per heavy atom. The number of aromatic nitrogens is 2. The van der Waals surface area contributed by atoms with Crippen LogP contribution in [-0.4, -0.2) is 10.2 Å². The van der Waals surface area contributed by atoms with Gasteiger partial charge in [-0.2, -0.15) is 0 Å². The van der Waals surface area contributed by atoms with Crippen molar-refractivity contribution in [1.82, 2.24) is 10.2 Å². The van der Waals surface area contributed by atoms with Gasteiger partial charge in [-0.05, 0) is 13.8 Å². The van der Waals surface area contributed by atoms with Crippen LogP contribution in [-0.2, 0) is 0 Å². The van der Waals surface area contributed by atoms with Crippen molar-refractivity contribution in [2.45, 2.75) is 17.8 Å². The Labute approximate surface area is 71.8 Å². The van der Waals surface area contributed by atoms with E-state index in [1.807, 2.05) is 6.92 Å². The van der Waals surface area contributed by atoms with Crippen molar-refractivity contribution in [3.63, 3.8) is 0 Å². The van der Waals surface area contributed by atoms with E-state index < -0.39 is 0 Å². The van der Waals surface area contributed by atoms with Gasteiger partial charge in [-0.15, -0.1) is 21.5 Å². The number of aryl methyl sites for hydroxylation is 1. The molecule has 1 aromatic rings. The van der Waals surface area contributed by atoms with Gasteiger partial charge in [0.15, 0.2) is 0 Å². The summed E-state index contributed by atoms with van der Waals surface area (Å²) in [6, 6.07) is 0. The summed E-state index contributed by atoms with van der Waals surface area (Å²) in [4.78, 5) is 0. The zero-order valence-electron chi connectivity index (χ0n) is 5.26. The van der Waals surface area contributed by atoms with Crippen molar-refractivity contribution in [2.75, 3.05) is 0 Å². The van der Waals surface area contributed by atoms with E-state index in [0.29, 0.717) is 3.92 Å². The molecule has 0 fully saturated rings. The smallest absolute Gasteiger partial charge is 0.130 e. The molecule has 0 aliphatic rings. The summed E-state index contributed by atoms with van der Waals surface area (Å²) in [6.45, 7) is 4.08. The Morgan fingerprint density at radius 3 is 2.44 bits per heavy atom. The lowest BCUT2D eigenvalue weighted by atomic mass is 10.5. The molecule has 0 spiro atoms. The van der Waals surface area contributed by atoms with Gasteiger partial charge in [-0.3, -0.25) is 0 Å². The van der Waals surface area contributed by atoms with Crippen molar-refractivity contribution < 1.29 is 0 Å². The lowest BCUT2D eigenvalue weighted by Crippen LogP contribution is -1.79. The topological polar surface area (TPSA) is 25.8 Å². The predicted octanol–water partition coefficient (Wildman–Crippen LogP) is 2.34. The van der Waals surface area contributed by atoms with Gasteiger partial charge in [0.1, 0.15) is 10.0 Å². The van der Waals surface area contributed by atoms with E-state index in [1.165, 1.54) is 0 Å². The first-order valence-corrected chi connectivity index (χ1v) is 4.70. The van der Waals surface area contributed by atoms with Gasteiger partial charge in [-0.1, -0.05) is 22.6 Å². The molecular weight excluding hydrogens is 247 g/mol. The normalized spacial score (nSPS) is 13.7. The Bertz CT molecular complexity index is 197. The minimum absolute atomic E-state index is 0.494. The van der Waals surface area contributed by atoms with Gasteiger partial charge < -0.3 is 0 Å². The van der Waals surface area contributed by atoms with Gasteiger partial charge >= 0.3 is 0 Å². The molecule has 0 amide bonds. The SMILES string of the molecule is Cc1nnc([C@H](C)I)s1. The van der Waals surface area contributed by atoms with Crippen LogP contribution in [0.15, 0.2) is 0 Å². The summed E-state index contributed by atoms with van der Waals surface area (Å²) in [7, 11) is 0. The fraction of sp³-hybridized carbons (Fsp3) is 0.600. The first kappa shape index (κ1) is 7.40. The van der Waals surface area contributed by atoms with Crippen LogP contribution in [0.1, 0.15) is 20.9 Å². The van der Waals surface area contributed by atoms with Crippen molar-refractivity contribution in [3.05, 3.63) is 10.0 Å². The molecule has 1 rings (SSSR count). The van der Waals surface area contributed by atoms with E-state index in [9.17, 15) is 0 Å². The zero-order valence-corrected chi connectivity index (χ0v) is 8.23. The van der Waals surface area contributed by atoms with Crippen molar-refractivity contribution in [2.24, 2.45) is 0 Å². The summed E-state index contributed by atoms with van der Waals surface area (Å²) in [5.41, 5.74) is 0. The number of halogens is 1. The molecule has 0 N–H and O–H groups in total. The molecule has 0 aliphatic heterocycles. The number of rotatable bonds is 1. The molecule has 0 saturated carbocycles. The van der Waals surface area contributed by atoms with Crippen molar-refractivity contribution >= 4 is 33.9 Å². The maximum Gasteiger partial charge on any atom is 0.130 e. The largest absolute Gasteiger partial charge is 0.144 e. The first-order valence-electron chi connectivity index (χ1n) is 2.64. The average Bonchev–Trinajstić information content (AvgIpc) is 2.14. The Hall–Kier alpha value is 0.290. The molecule has 50 valence electrons. The number of alkyl halides is 1. The monoisotopic (exact) mass is 254 g/mol. The number of hydrogen-bond donors (Lipinski definition) is 0. The highest BCUT2D eigenvalue weighted by molar-refractivity contribution is 14.1. The molecule has 0 bridgehead atoms. The van der Waals surface area contributed by atoms with E-state index in [-0.39, 0.29) is 0 Å². The van der Waals surface area contributed by atoms with Crippen LogP contribution in [0.3, 0.4) is 0 Å². The maximum atomic E-state index is 3.98. The van der Waals surface area contributed by atoms with E-state index in [1.54, 1.807) is 11.3 Å². The van der Waals surface area contributed by atoms with Gasteiger partial charge in [0.25, 0.3) is 0 Å². The van der Waals surface area contributed by atoms with Crippen LogP contribution in [0, 0.1) is 6.92 Å². The highest BCUT2D eigenvalue weighted by Crippen LogP contribution is 2.24. The Morgan fingerprint density at radius 2 is 2.22 bits per heavy atom. The minimum atomic E-state index is 0.494. The fourth-order valence-corrected chi connectivity index (χ4v) is 1.61. The molecule has 0 radical (unpaired) electrons. The molecular formula is C5H7IN2S. The van der Waals surface area contributed by atoms with E-state index >= 15 is 0 Å². The fourth-order valence-electron chi connectivity index (χ4n) is 0.473. The first-order chi connectivity index (χ1) is 4.20. The second kappa shape index (κ2) is 2.92. The molecule has 0 saturated heterocycles. The minimum Gasteiger partial charge on any atom is -0.144 e. The van der Waals surface area contributed by atoms with Gasteiger partial charge in [0.2, 0.25) is 0 Å². The molecule has 0 aromatic carbocycles. The van der Waals surface area contributed by atoms with E-state index in [0.717, 1.165) is 10.0 Å². The van der Waals surface area contributed by atoms with Crippen LogP contribution in [0.25, 0.3) is 0 Å². The summed E-state index contributed by atoms with van der Waals surface area (Å²) >= 11 is 4.00. The zero-order chi connectivity index (χ0) is 6.85. The Kier molecular flexibility index (Phi) is 2.40. The van der Waals surface area contributed by atoms with Crippen LogP contribution < -0.4 is 0 Å². The van der Waals surface area contributed by atoms with Crippen LogP contribution in [0.4, 0.5) is 0 Å². The molecule has 2 nitrogen and oxygen atoms in total. The highest BCUT2D eigenvalue weighted by atomic mass is 127. The van der Waals surface area contributed by atoms with Crippen molar-refractivity contribution in [3.8, 4) is 0 Å². The summed E-state index contributed by atoms with van der Waals surface area (Å²) < 4.78 is 0.494. The second-order valence-corrected chi connectivity index (χ2v) is 4.86. The molecule has 4 heteroatoms. The molecule has 0 aliphatic carbocycles. The maximum absolute atomic E-state index is 3.98. The molecule has 0 unspecified atom stereocenters. The summed E-state index contributed by atoms with van der Waals surface area (Å²) in [6.07, 6.45) is 0. The quantitative estimate of drug-likeness (QED) is 0.567. The number of hydrogen-bond acceptors (Lipinski definition) is 3. The van der Waals surface area contributed by atoms with Crippen LogP contribution in [0.5, 0.6) is 0 Å². The lowest BCUT2D eigenvalue weighted by molar-refractivity contribution is 0.968. The Balaban J connectivity index is 2.85. The summed E-state index contributed by atoms with van der Waals surface area (Å²) in [5.74, 6) is 0. The highest BCUT2D eigenvalue weighted by Gasteiger charge is 2.04. The lowest BCUT2D eigenvalue weighted by Gasteiger charge is -1.90. The van der Waals surface area contributed by atoms with Gasteiger partial charge in [0, 0.05) is 0 Å². The van der Waals surface area contributed by atoms with Crippen molar-refractivity contribution in [1.29, 1.82) is 0 Å². The van der Waals surface area contributed by atoms with E-state index in [4.69, 9.17) is 0 Å². The van der Waals surface area contributed by atoms with Crippen LogP contribution >= 0.6 is 33.9 Å². The molecule has 1 heterocycles. The molecule has 9 heavy (non-hydrogen) atoms. The van der Waals surface area contributed by atoms with Gasteiger partial charge in [0.05, 0.1) is 3.92 Å². The third kappa shape index (κ3) is 1.86. The average molecular weight is 254 g/mol. The third-order valence-corrected chi connectivity index (χ3v) is 2.92. The predicted molar refractivity (Wildman–Crippen MR) is 47.1 cm³/mol. The number of nitrogens with zero attached hydrogens (tertiary/aromatic N) is 2. The van der Waals surface area contributed by atoms with Crippen LogP contribution in [0.2, 0.25) is 0 Å². The van der Waals surface area contributed by atoms with Gasteiger partial charge in [-0.25, -0.2) is 0 Å². The van der Waals surface area contributed by atoms with E-state index in [2.05, 4.69) is 39.7 Å². The third-order valence-electron chi connectivity index (χ3n) is 0.882. The molecule has 1 atom stereocenters. The molecule has 1 aromatic heterocycles. The second-order valence-electron chi connectivity index (χ2n) is 1.78. The standard InChI is InChI=1S/C5H7IN2S/c1-3(6)5-8-7-4(2)9-5/h3H,1-2H3/t3-/m0/s1. The summed E-state index contributed by atoms with van der Waals surface area (Å²) in [5, 5.41) is 10.0.